The molecule has 1 aromatic carbocycles. The molecule has 0 radical (unpaired) electrons. The molecule has 0 unspecified atom stereocenters. The van der Waals surface area contributed by atoms with Gasteiger partial charge in [-0.3, -0.25) is 0 Å². The highest BCUT2D eigenvalue weighted by Gasteiger charge is 2.13. The molecule has 0 saturated carbocycles. The summed E-state index contributed by atoms with van der Waals surface area (Å²) in [5.74, 6) is -0.963. The minimum absolute atomic E-state index is 0.231. The monoisotopic (exact) mass is 273 g/mol. The van der Waals surface area contributed by atoms with E-state index >= 15 is 0 Å². The highest BCUT2D eigenvalue weighted by molar-refractivity contribution is 9.10. The van der Waals surface area contributed by atoms with Gasteiger partial charge in [0, 0.05) is 16.1 Å². The Balaban J connectivity index is 2.83. The van der Waals surface area contributed by atoms with Gasteiger partial charge in [0.1, 0.15) is 0 Å². The average Bonchev–Trinajstić information content (AvgIpc) is 2.55. The first kappa shape index (κ1) is 9.55. The Bertz CT molecular complexity index is 521. The van der Waals surface area contributed by atoms with Crippen molar-refractivity contribution in [1.29, 1.82) is 0 Å². The maximum absolute atomic E-state index is 10.8. The number of benzene rings is 1. The van der Waals surface area contributed by atoms with Crippen LogP contribution in [0.5, 0.6) is 0 Å². The van der Waals surface area contributed by atoms with Gasteiger partial charge >= 0.3 is 5.97 Å². The lowest BCUT2D eigenvalue weighted by Crippen LogP contribution is -1.93. The molecular formula is C9H5BrClNO2. The van der Waals surface area contributed by atoms with Gasteiger partial charge in [0.25, 0.3) is 0 Å². The summed E-state index contributed by atoms with van der Waals surface area (Å²) in [6.07, 6.45) is 1.44. The van der Waals surface area contributed by atoms with Crippen LogP contribution in [-0.2, 0) is 0 Å². The van der Waals surface area contributed by atoms with E-state index in [-0.39, 0.29) is 5.56 Å². The van der Waals surface area contributed by atoms with Crippen molar-refractivity contribution in [2.24, 2.45) is 0 Å². The highest BCUT2D eigenvalue weighted by Crippen LogP contribution is 2.31. The molecule has 0 aliphatic heterocycles. The number of aromatic carboxylic acids is 1. The minimum atomic E-state index is -0.963. The summed E-state index contributed by atoms with van der Waals surface area (Å²) < 4.78 is 0.741. The zero-order valence-electron chi connectivity index (χ0n) is 6.84. The van der Waals surface area contributed by atoms with E-state index in [0.717, 1.165) is 4.47 Å². The summed E-state index contributed by atoms with van der Waals surface area (Å²) in [5, 5.41) is 9.97. The minimum Gasteiger partial charge on any atom is -0.478 e. The number of hydrogen-bond acceptors (Lipinski definition) is 1. The maximum Gasteiger partial charge on any atom is 0.337 e. The number of fused-ring (bicyclic) bond motifs is 1. The summed E-state index contributed by atoms with van der Waals surface area (Å²) in [7, 11) is 0. The van der Waals surface area contributed by atoms with E-state index in [1.54, 1.807) is 12.1 Å². The standard InChI is InChI=1S/C9H5BrClNO2/c10-6-2-1-4-5(9(13)14)3-12-8(4)7(6)11/h1-3,12H,(H,13,14). The second-order valence-corrected chi connectivity index (χ2v) is 4.02. The largest absolute Gasteiger partial charge is 0.478 e. The van der Waals surface area contributed by atoms with Crippen molar-refractivity contribution in [1.82, 2.24) is 4.98 Å². The van der Waals surface area contributed by atoms with E-state index < -0.39 is 5.97 Å². The third kappa shape index (κ3) is 1.31. The van der Waals surface area contributed by atoms with E-state index in [2.05, 4.69) is 20.9 Å². The molecule has 0 saturated heterocycles. The van der Waals surface area contributed by atoms with E-state index in [1.807, 2.05) is 0 Å². The first-order valence-corrected chi connectivity index (χ1v) is 4.96. The Morgan fingerprint density at radius 2 is 2.21 bits per heavy atom. The topological polar surface area (TPSA) is 53.1 Å². The summed E-state index contributed by atoms with van der Waals surface area (Å²) in [6, 6.07) is 3.44. The molecule has 0 bridgehead atoms. The quantitative estimate of drug-likeness (QED) is 0.838. The maximum atomic E-state index is 10.8. The third-order valence-corrected chi connectivity index (χ3v) is 3.26. The van der Waals surface area contributed by atoms with Gasteiger partial charge in [-0.25, -0.2) is 4.79 Å². The molecule has 72 valence electrons. The predicted octanol–water partition coefficient (Wildman–Crippen LogP) is 3.28. The number of carboxylic acid groups (broad SMARTS) is 1. The number of H-pyrrole nitrogens is 1. The van der Waals surface area contributed by atoms with E-state index in [9.17, 15) is 4.79 Å². The van der Waals surface area contributed by atoms with Crippen LogP contribution in [0.1, 0.15) is 10.4 Å². The van der Waals surface area contributed by atoms with Crippen molar-refractivity contribution in [3.8, 4) is 0 Å². The number of carbonyl (C=O) groups is 1. The zero-order valence-corrected chi connectivity index (χ0v) is 9.19. The van der Waals surface area contributed by atoms with Gasteiger partial charge in [-0.1, -0.05) is 17.7 Å². The number of rotatable bonds is 1. The Morgan fingerprint density at radius 3 is 2.86 bits per heavy atom. The van der Waals surface area contributed by atoms with Crippen LogP contribution in [0.3, 0.4) is 0 Å². The van der Waals surface area contributed by atoms with E-state index in [1.165, 1.54) is 6.20 Å². The number of aromatic amines is 1. The van der Waals surface area contributed by atoms with Crippen LogP contribution >= 0.6 is 27.5 Å². The van der Waals surface area contributed by atoms with Crippen LogP contribution < -0.4 is 0 Å². The van der Waals surface area contributed by atoms with Crippen LogP contribution in [0.4, 0.5) is 0 Å². The van der Waals surface area contributed by atoms with Crippen LogP contribution in [0.15, 0.2) is 22.8 Å². The molecule has 0 spiro atoms. The molecular weight excluding hydrogens is 269 g/mol. The zero-order chi connectivity index (χ0) is 10.3. The fraction of sp³-hybridized carbons (Fsp3) is 0. The number of aromatic nitrogens is 1. The van der Waals surface area contributed by atoms with Crippen molar-refractivity contribution in [3.05, 3.63) is 33.4 Å². The van der Waals surface area contributed by atoms with Gasteiger partial charge < -0.3 is 10.1 Å². The lowest BCUT2D eigenvalue weighted by Gasteiger charge is -1.97. The first-order chi connectivity index (χ1) is 6.61. The first-order valence-electron chi connectivity index (χ1n) is 3.79. The third-order valence-electron chi connectivity index (χ3n) is 1.98. The summed E-state index contributed by atoms with van der Waals surface area (Å²) in [4.78, 5) is 13.6. The molecule has 1 heterocycles. The van der Waals surface area contributed by atoms with Crippen LogP contribution in [0.2, 0.25) is 5.02 Å². The number of nitrogens with one attached hydrogen (secondary N) is 1. The fourth-order valence-electron chi connectivity index (χ4n) is 1.32. The molecule has 2 rings (SSSR count). The molecule has 0 fully saturated rings. The Labute approximate surface area is 92.8 Å². The van der Waals surface area contributed by atoms with Gasteiger partial charge in [0.2, 0.25) is 0 Å². The average molecular weight is 275 g/mol. The van der Waals surface area contributed by atoms with Gasteiger partial charge in [0.15, 0.2) is 0 Å². The van der Waals surface area contributed by atoms with Crippen molar-refractivity contribution in [2.45, 2.75) is 0 Å². The van der Waals surface area contributed by atoms with Gasteiger partial charge in [-0.2, -0.15) is 0 Å². The Kier molecular flexibility index (Phi) is 2.25. The van der Waals surface area contributed by atoms with Crippen LogP contribution in [0, 0.1) is 0 Å². The molecule has 5 heteroatoms. The predicted molar refractivity (Wildman–Crippen MR) is 58.0 cm³/mol. The summed E-state index contributed by atoms with van der Waals surface area (Å²) >= 11 is 9.24. The molecule has 0 aliphatic rings. The number of carboxylic acids is 1. The summed E-state index contributed by atoms with van der Waals surface area (Å²) in [5.41, 5.74) is 0.868. The van der Waals surface area contributed by atoms with Crippen molar-refractivity contribution in [2.75, 3.05) is 0 Å². The fourth-order valence-corrected chi connectivity index (χ4v) is 1.86. The number of hydrogen-bond donors (Lipinski definition) is 2. The van der Waals surface area contributed by atoms with Crippen molar-refractivity contribution < 1.29 is 9.90 Å². The summed E-state index contributed by atoms with van der Waals surface area (Å²) in [6.45, 7) is 0. The van der Waals surface area contributed by atoms with Crippen molar-refractivity contribution >= 4 is 44.4 Å². The SMILES string of the molecule is O=C(O)c1c[nH]c2c(Cl)c(Br)ccc12. The molecule has 1 aromatic heterocycles. The normalized spacial score (nSPS) is 10.7. The second kappa shape index (κ2) is 3.29. The smallest absolute Gasteiger partial charge is 0.337 e. The molecule has 0 aliphatic carbocycles. The lowest BCUT2D eigenvalue weighted by atomic mass is 10.2. The molecule has 2 N–H and O–H groups in total. The van der Waals surface area contributed by atoms with Crippen LogP contribution in [-0.4, -0.2) is 16.1 Å². The van der Waals surface area contributed by atoms with Gasteiger partial charge in [-0.15, -0.1) is 0 Å². The molecule has 0 atom stereocenters. The molecule has 3 nitrogen and oxygen atoms in total. The Hall–Kier alpha value is -1.000. The number of halogens is 2. The van der Waals surface area contributed by atoms with E-state index in [4.69, 9.17) is 16.7 Å². The second-order valence-electron chi connectivity index (χ2n) is 2.79. The molecule has 2 aromatic rings. The van der Waals surface area contributed by atoms with E-state index in [0.29, 0.717) is 15.9 Å². The van der Waals surface area contributed by atoms with Gasteiger partial charge in [0.05, 0.1) is 16.1 Å². The molecule has 0 amide bonds. The molecule has 14 heavy (non-hydrogen) atoms. The lowest BCUT2D eigenvalue weighted by molar-refractivity contribution is 0.0699. The highest BCUT2D eigenvalue weighted by atomic mass is 79.9. The van der Waals surface area contributed by atoms with Crippen LogP contribution in [0.25, 0.3) is 10.9 Å². The Morgan fingerprint density at radius 1 is 1.50 bits per heavy atom. The van der Waals surface area contributed by atoms with Crippen molar-refractivity contribution in [3.63, 3.8) is 0 Å². The van der Waals surface area contributed by atoms with Gasteiger partial charge in [-0.05, 0) is 22.0 Å².